The lowest BCUT2D eigenvalue weighted by Gasteiger charge is -2.14. The highest BCUT2D eigenvalue weighted by Crippen LogP contribution is 2.36. The van der Waals surface area contributed by atoms with Crippen LogP contribution in [-0.4, -0.2) is 40.4 Å². The van der Waals surface area contributed by atoms with Gasteiger partial charge in [-0.1, -0.05) is 0 Å². The van der Waals surface area contributed by atoms with Gasteiger partial charge in [0.2, 0.25) is 0 Å². The molecule has 3 heterocycles. The van der Waals surface area contributed by atoms with Crippen LogP contribution >= 0.6 is 22.9 Å². The molecule has 0 bridgehead atoms. The molecule has 0 atom stereocenters. The van der Waals surface area contributed by atoms with Crippen molar-refractivity contribution in [3.8, 4) is 11.3 Å². The zero-order valence-electron chi connectivity index (χ0n) is 11.6. The summed E-state index contributed by atoms with van der Waals surface area (Å²) >= 11 is 3.06. The predicted octanol–water partition coefficient (Wildman–Crippen LogP) is 2.66. The number of likely N-dealkylation sites (tertiary alicyclic amines) is 1. The van der Waals surface area contributed by atoms with Crippen molar-refractivity contribution in [2.75, 3.05) is 37.2 Å². The Morgan fingerprint density at radius 2 is 2.20 bits per heavy atom. The van der Waals surface area contributed by atoms with Crippen LogP contribution in [0.25, 0.3) is 11.3 Å². The van der Waals surface area contributed by atoms with E-state index in [1.165, 1.54) is 37.5 Å². The van der Waals surface area contributed by atoms with Gasteiger partial charge < -0.3 is 16.0 Å². The number of thiazole rings is 1. The van der Waals surface area contributed by atoms with Gasteiger partial charge in [0.05, 0.1) is 16.3 Å². The van der Waals surface area contributed by atoms with Crippen LogP contribution in [0.5, 0.6) is 0 Å². The lowest BCUT2D eigenvalue weighted by atomic mass is 10.2. The molecule has 0 aromatic carbocycles. The third-order valence-electron chi connectivity index (χ3n) is 3.51. The van der Waals surface area contributed by atoms with Crippen LogP contribution in [0.3, 0.4) is 0 Å². The summed E-state index contributed by atoms with van der Waals surface area (Å²) in [5, 5.41) is 7.59. The van der Waals surface area contributed by atoms with Crippen molar-refractivity contribution >= 4 is 33.7 Å². The molecule has 1 fully saturated rings. The van der Waals surface area contributed by atoms with Crippen molar-refractivity contribution in [1.29, 1.82) is 0 Å². The van der Waals surface area contributed by atoms with Crippen LogP contribution in [0, 0.1) is 6.92 Å². The SMILES string of the molecule is Cc1nc(-c2c(N)nsc2NCCN2CCCC2)cs1. The molecular formula is C13H19N5S2. The number of nitrogen functional groups attached to an aromatic ring is 1. The number of aromatic nitrogens is 2. The van der Waals surface area contributed by atoms with Crippen molar-refractivity contribution in [3.05, 3.63) is 10.4 Å². The van der Waals surface area contributed by atoms with Crippen LogP contribution in [0.4, 0.5) is 10.8 Å². The van der Waals surface area contributed by atoms with E-state index in [4.69, 9.17) is 5.73 Å². The molecule has 1 aliphatic heterocycles. The molecule has 0 unspecified atom stereocenters. The molecule has 0 radical (unpaired) electrons. The number of aryl methyl sites for hydroxylation is 1. The average molecular weight is 309 g/mol. The number of hydrogen-bond donors (Lipinski definition) is 2. The molecule has 2 aromatic rings. The number of anilines is 2. The molecular weight excluding hydrogens is 290 g/mol. The van der Waals surface area contributed by atoms with Gasteiger partial charge in [-0.25, -0.2) is 4.98 Å². The first kappa shape index (κ1) is 13.8. The van der Waals surface area contributed by atoms with E-state index in [-0.39, 0.29) is 0 Å². The fraction of sp³-hybridized carbons (Fsp3) is 0.538. The molecule has 5 nitrogen and oxygen atoms in total. The number of rotatable bonds is 5. The largest absolute Gasteiger partial charge is 0.382 e. The van der Waals surface area contributed by atoms with Crippen LogP contribution in [0.1, 0.15) is 17.8 Å². The first-order chi connectivity index (χ1) is 9.74. The predicted molar refractivity (Wildman–Crippen MR) is 86.5 cm³/mol. The minimum Gasteiger partial charge on any atom is -0.382 e. The van der Waals surface area contributed by atoms with Gasteiger partial charge in [0.25, 0.3) is 0 Å². The summed E-state index contributed by atoms with van der Waals surface area (Å²) in [5.74, 6) is 0.573. The van der Waals surface area contributed by atoms with E-state index in [0.29, 0.717) is 5.82 Å². The molecule has 2 aromatic heterocycles. The summed E-state index contributed by atoms with van der Waals surface area (Å²) < 4.78 is 4.26. The third kappa shape index (κ3) is 2.94. The Morgan fingerprint density at radius 3 is 2.90 bits per heavy atom. The second kappa shape index (κ2) is 6.07. The Kier molecular flexibility index (Phi) is 4.18. The van der Waals surface area contributed by atoms with Gasteiger partial charge >= 0.3 is 0 Å². The molecule has 0 spiro atoms. The van der Waals surface area contributed by atoms with E-state index < -0.39 is 0 Å². The number of nitrogens with zero attached hydrogens (tertiary/aromatic N) is 3. The number of hydrogen-bond acceptors (Lipinski definition) is 7. The standard InChI is InChI=1S/C13H19N5S2/c1-9-16-10(8-19-9)11-12(14)17-20-13(11)15-4-7-18-5-2-3-6-18/h8,15H,2-7H2,1H3,(H2,14,17). The van der Waals surface area contributed by atoms with Crippen molar-refractivity contribution in [3.63, 3.8) is 0 Å². The van der Waals surface area contributed by atoms with Crippen molar-refractivity contribution in [2.45, 2.75) is 19.8 Å². The second-order valence-corrected chi connectivity index (χ2v) is 6.83. The molecule has 20 heavy (non-hydrogen) atoms. The highest BCUT2D eigenvalue weighted by Gasteiger charge is 2.16. The molecule has 7 heteroatoms. The summed E-state index contributed by atoms with van der Waals surface area (Å²) in [6.07, 6.45) is 2.66. The summed E-state index contributed by atoms with van der Waals surface area (Å²) in [5.41, 5.74) is 7.88. The monoisotopic (exact) mass is 309 g/mol. The third-order valence-corrected chi connectivity index (χ3v) is 5.10. The Balaban J connectivity index is 1.67. The smallest absolute Gasteiger partial charge is 0.148 e. The Hall–Kier alpha value is -1.18. The van der Waals surface area contributed by atoms with E-state index in [0.717, 1.165) is 34.4 Å². The van der Waals surface area contributed by atoms with Gasteiger partial charge in [0.15, 0.2) is 0 Å². The zero-order valence-corrected chi connectivity index (χ0v) is 13.2. The summed E-state index contributed by atoms with van der Waals surface area (Å²) in [7, 11) is 0. The topological polar surface area (TPSA) is 67.1 Å². The van der Waals surface area contributed by atoms with Gasteiger partial charge in [0.1, 0.15) is 10.8 Å². The maximum Gasteiger partial charge on any atom is 0.148 e. The molecule has 0 saturated carbocycles. The highest BCUT2D eigenvalue weighted by atomic mass is 32.1. The van der Waals surface area contributed by atoms with Crippen LogP contribution in [0.2, 0.25) is 0 Å². The molecule has 108 valence electrons. The fourth-order valence-electron chi connectivity index (χ4n) is 2.48. The van der Waals surface area contributed by atoms with E-state index in [1.54, 1.807) is 11.3 Å². The normalized spacial score (nSPS) is 15.8. The zero-order chi connectivity index (χ0) is 13.9. The van der Waals surface area contributed by atoms with Gasteiger partial charge in [0, 0.05) is 18.5 Å². The summed E-state index contributed by atoms with van der Waals surface area (Å²) in [6.45, 7) is 6.46. The lowest BCUT2D eigenvalue weighted by Crippen LogP contribution is -2.25. The highest BCUT2D eigenvalue weighted by molar-refractivity contribution is 7.11. The molecule has 0 aliphatic carbocycles. The van der Waals surface area contributed by atoms with E-state index >= 15 is 0 Å². The first-order valence-electron chi connectivity index (χ1n) is 6.88. The van der Waals surface area contributed by atoms with Gasteiger partial charge in [-0.3, -0.25) is 0 Å². The quantitative estimate of drug-likeness (QED) is 0.889. The molecule has 1 aliphatic rings. The van der Waals surface area contributed by atoms with Crippen molar-refractivity contribution in [1.82, 2.24) is 14.3 Å². The van der Waals surface area contributed by atoms with Crippen molar-refractivity contribution in [2.24, 2.45) is 0 Å². The van der Waals surface area contributed by atoms with Crippen LogP contribution in [0.15, 0.2) is 5.38 Å². The van der Waals surface area contributed by atoms with E-state index in [1.807, 2.05) is 12.3 Å². The number of nitrogens with one attached hydrogen (secondary N) is 1. The lowest BCUT2D eigenvalue weighted by molar-refractivity contribution is 0.353. The molecule has 3 N–H and O–H groups in total. The van der Waals surface area contributed by atoms with Crippen molar-refractivity contribution < 1.29 is 0 Å². The van der Waals surface area contributed by atoms with E-state index in [2.05, 4.69) is 19.6 Å². The second-order valence-electron chi connectivity index (χ2n) is 5.00. The minimum atomic E-state index is 0.573. The van der Waals surface area contributed by atoms with Crippen LogP contribution in [-0.2, 0) is 0 Å². The molecule has 3 rings (SSSR count). The Labute approximate surface area is 127 Å². The Bertz CT molecular complexity index is 571. The van der Waals surface area contributed by atoms with Gasteiger partial charge in [-0.05, 0) is 44.4 Å². The summed E-state index contributed by atoms with van der Waals surface area (Å²) in [4.78, 5) is 7.01. The van der Waals surface area contributed by atoms with Gasteiger partial charge in [-0.15, -0.1) is 11.3 Å². The Morgan fingerprint density at radius 1 is 1.40 bits per heavy atom. The van der Waals surface area contributed by atoms with Gasteiger partial charge in [-0.2, -0.15) is 4.37 Å². The molecule has 0 amide bonds. The first-order valence-corrected chi connectivity index (χ1v) is 8.53. The van der Waals surface area contributed by atoms with Crippen LogP contribution < -0.4 is 11.1 Å². The maximum absolute atomic E-state index is 5.99. The molecule has 1 saturated heterocycles. The number of nitrogens with two attached hydrogens (primary N) is 1. The minimum absolute atomic E-state index is 0.573. The van der Waals surface area contributed by atoms with E-state index in [9.17, 15) is 0 Å². The maximum atomic E-state index is 5.99. The average Bonchev–Trinajstić information content (AvgIpc) is 3.12. The fourth-order valence-corrected chi connectivity index (χ4v) is 3.83. The summed E-state index contributed by atoms with van der Waals surface area (Å²) in [6, 6.07) is 0.